The normalized spacial score (nSPS) is 12.7. The number of benzene rings is 1. The van der Waals surface area contributed by atoms with E-state index in [0.717, 1.165) is 12.2 Å². The molecule has 0 aliphatic heterocycles. The van der Waals surface area contributed by atoms with Gasteiger partial charge in [-0.1, -0.05) is 25.1 Å². The fourth-order valence-corrected chi connectivity index (χ4v) is 2.50. The summed E-state index contributed by atoms with van der Waals surface area (Å²) in [6.07, 6.45) is 1.08. The Morgan fingerprint density at radius 1 is 1.40 bits per heavy atom. The quantitative estimate of drug-likeness (QED) is 0.729. The molecule has 1 aromatic rings. The van der Waals surface area contributed by atoms with E-state index in [1.54, 1.807) is 11.8 Å². The van der Waals surface area contributed by atoms with Gasteiger partial charge in [-0.3, -0.25) is 0 Å². The first-order chi connectivity index (χ1) is 7.33. The molecule has 2 N–H and O–H groups in total. The predicted molar refractivity (Wildman–Crippen MR) is 66.3 cm³/mol. The summed E-state index contributed by atoms with van der Waals surface area (Å²) >= 11 is 1.72. The van der Waals surface area contributed by atoms with Crippen LogP contribution in [0.4, 0.5) is 0 Å². The molecule has 0 radical (unpaired) electrons. The fraction of sp³-hybridized carbons (Fsp3) is 0.500. The van der Waals surface area contributed by atoms with Gasteiger partial charge in [0.2, 0.25) is 0 Å². The number of hydrogen-bond donors (Lipinski definition) is 2. The first-order valence-electron chi connectivity index (χ1n) is 5.33. The highest BCUT2D eigenvalue weighted by molar-refractivity contribution is 7.99. The molecular weight excluding hydrogens is 206 g/mol. The molecule has 0 aromatic heterocycles. The maximum Gasteiger partial charge on any atom is 0.0525 e. The molecule has 0 saturated carbocycles. The van der Waals surface area contributed by atoms with E-state index in [4.69, 9.17) is 5.11 Å². The van der Waals surface area contributed by atoms with Gasteiger partial charge in [-0.15, -0.1) is 11.8 Å². The third-order valence-corrected chi connectivity index (χ3v) is 3.47. The Morgan fingerprint density at radius 2 is 2.13 bits per heavy atom. The van der Waals surface area contributed by atoms with Gasteiger partial charge in [0.05, 0.1) is 6.61 Å². The molecule has 0 aliphatic carbocycles. The van der Waals surface area contributed by atoms with E-state index in [0.29, 0.717) is 6.04 Å². The van der Waals surface area contributed by atoms with Gasteiger partial charge in [0.25, 0.3) is 0 Å². The summed E-state index contributed by atoms with van der Waals surface area (Å²) in [6.45, 7) is 2.41. The van der Waals surface area contributed by atoms with E-state index in [1.165, 1.54) is 10.5 Å². The van der Waals surface area contributed by atoms with Crippen molar-refractivity contribution >= 4 is 11.8 Å². The van der Waals surface area contributed by atoms with Crippen LogP contribution in [0.2, 0.25) is 0 Å². The summed E-state index contributed by atoms with van der Waals surface area (Å²) in [4.78, 5) is 1.27. The van der Waals surface area contributed by atoms with Crippen LogP contribution < -0.4 is 5.32 Å². The Kier molecular flexibility index (Phi) is 5.76. The molecular formula is C12H19NOS. The molecule has 0 spiro atoms. The Morgan fingerprint density at radius 3 is 2.73 bits per heavy atom. The zero-order valence-corrected chi connectivity index (χ0v) is 10.2. The Hall–Kier alpha value is -0.510. The number of thioether (sulfide) groups is 1. The lowest BCUT2D eigenvalue weighted by molar-refractivity contribution is 0.322. The average Bonchev–Trinajstić information content (AvgIpc) is 2.29. The van der Waals surface area contributed by atoms with E-state index in [9.17, 15) is 0 Å². The molecule has 84 valence electrons. The molecule has 1 aromatic carbocycles. The monoisotopic (exact) mass is 225 g/mol. The van der Waals surface area contributed by atoms with Crippen LogP contribution in [-0.2, 0) is 0 Å². The summed E-state index contributed by atoms with van der Waals surface area (Å²) in [5.41, 5.74) is 1.33. The van der Waals surface area contributed by atoms with Crippen molar-refractivity contribution in [2.24, 2.45) is 0 Å². The smallest absolute Gasteiger partial charge is 0.0525 e. The van der Waals surface area contributed by atoms with E-state index < -0.39 is 0 Å². The minimum atomic E-state index is 0.231. The van der Waals surface area contributed by atoms with Crippen LogP contribution in [0.15, 0.2) is 29.2 Å². The molecule has 1 atom stereocenters. The molecule has 0 fully saturated rings. The maximum atomic E-state index is 8.84. The predicted octanol–water partition coefficient (Wildman–Crippen LogP) is 2.44. The van der Waals surface area contributed by atoms with Crippen LogP contribution in [0.25, 0.3) is 0 Å². The van der Waals surface area contributed by atoms with Crippen molar-refractivity contribution in [2.75, 3.05) is 19.4 Å². The lowest BCUT2D eigenvalue weighted by Crippen LogP contribution is -2.16. The third kappa shape index (κ3) is 3.52. The largest absolute Gasteiger partial charge is 0.396 e. The van der Waals surface area contributed by atoms with Crippen molar-refractivity contribution in [3.63, 3.8) is 0 Å². The number of aliphatic hydroxyl groups is 1. The average molecular weight is 225 g/mol. The number of rotatable bonds is 6. The van der Waals surface area contributed by atoms with E-state index in [-0.39, 0.29) is 6.61 Å². The lowest BCUT2D eigenvalue weighted by Gasteiger charge is -2.17. The number of aliphatic hydroxyl groups excluding tert-OH is 1. The molecule has 0 aliphatic rings. The van der Waals surface area contributed by atoms with Gasteiger partial charge < -0.3 is 10.4 Å². The molecule has 3 heteroatoms. The standard InChI is InChI=1S/C12H19NOS/c1-3-11(13-2)10-6-4-5-7-12(10)15-9-8-14/h4-7,11,13-14H,3,8-9H2,1-2H3. The minimum Gasteiger partial charge on any atom is -0.396 e. The Labute approximate surface area is 96.1 Å². The van der Waals surface area contributed by atoms with E-state index in [1.807, 2.05) is 13.1 Å². The summed E-state index contributed by atoms with van der Waals surface area (Å²) < 4.78 is 0. The summed E-state index contributed by atoms with van der Waals surface area (Å²) in [5, 5.41) is 12.1. The number of hydrogen-bond acceptors (Lipinski definition) is 3. The molecule has 0 amide bonds. The van der Waals surface area contributed by atoms with Crippen molar-refractivity contribution in [1.82, 2.24) is 5.32 Å². The summed E-state index contributed by atoms with van der Waals surface area (Å²) in [6, 6.07) is 8.80. The zero-order chi connectivity index (χ0) is 11.1. The summed E-state index contributed by atoms with van der Waals surface area (Å²) in [5.74, 6) is 0.761. The number of nitrogens with one attached hydrogen (secondary N) is 1. The topological polar surface area (TPSA) is 32.3 Å². The van der Waals surface area contributed by atoms with Crippen LogP contribution in [-0.4, -0.2) is 24.5 Å². The highest BCUT2D eigenvalue weighted by Gasteiger charge is 2.10. The molecule has 0 bridgehead atoms. The first kappa shape index (κ1) is 12.6. The van der Waals surface area contributed by atoms with E-state index >= 15 is 0 Å². The van der Waals surface area contributed by atoms with Crippen molar-refractivity contribution in [3.8, 4) is 0 Å². The highest BCUT2D eigenvalue weighted by atomic mass is 32.2. The van der Waals surface area contributed by atoms with Crippen LogP contribution in [0.5, 0.6) is 0 Å². The minimum absolute atomic E-state index is 0.231. The van der Waals surface area contributed by atoms with Gasteiger partial charge in [-0.2, -0.15) is 0 Å². The van der Waals surface area contributed by atoms with Gasteiger partial charge in [-0.05, 0) is 25.1 Å². The molecule has 2 nitrogen and oxygen atoms in total. The second-order valence-corrected chi connectivity index (χ2v) is 4.50. The van der Waals surface area contributed by atoms with Crippen molar-refractivity contribution < 1.29 is 5.11 Å². The SMILES string of the molecule is CCC(NC)c1ccccc1SCCO. The first-order valence-corrected chi connectivity index (χ1v) is 6.31. The summed E-state index contributed by atoms with van der Waals surface area (Å²) in [7, 11) is 1.99. The zero-order valence-electron chi connectivity index (χ0n) is 9.36. The third-order valence-electron chi connectivity index (χ3n) is 2.40. The molecule has 1 unspecified atom stereocenters. The van der Waals surface area contributed by atoms with E-state index in [2.05, 4.69) is 30.4 Å². The molecule has 15 heavy (non-hydrogen) atoms. The molecule has 0 saturated heterocycles. The van der Waals surface area contributed by atoms with Crippen LogP contribution >= 0.6 is 11.8 Å². The van der Waals surface area contributed by atoms with Gasteiger partial charge >= 0.3 is 0 Å². The van der Waals surface area contributed by atoms with Crippen molar-refractivity contribution in [2.45, 2.75) is 24.3 Å². The van der Waals surface area contributed by atoms with Gasteiger partial charge in [0.15, 0.2) is 0 Å². The fourth-order valence-electron chi connectivity index (χ4n) is 1.63. The van der Waals surface area contributed by atoms with Gasteiger partial charge in [0.1, 0.15) is 0 Å². The lowest BCUT2D eigenvalue weighted by atomic mass is 10.1. The second-order valence-electron chi connectivity index (χ2n) is 3.36. The Balaban J connectivity index is 2.84. The maximum absolute atomic E-state index is 8.84. The van der Waals surface area contributed by atoms with Gasteiger partial charge in [0, 0.05) is 16.7 Å². The van der Waals surface area contributed by atoms with Crippen LogP contribution in [0.3, 0.4) is 0 Å². The second kappa shape index (κ2) is 6.88. The Bertz CT molecular complexity index is 287. The molecule has 1 rings (SSSR count). The van der Waals surface area contributed by atoms with Gasteiger partial charge in [-0.25, -0.2) is 0 Å². The van der Waals surface area contributed by atoms with Crippen LogP contribution in [0, 0.1) is 0 Å². The highest BCUT2D eigenvalue weighted by Crippen LogP contribution is 2.28. The van der Waals surface area contributed by atoms with Crippen LogP contribution in [0.1, 0.15) is 24.9 Å². The van der Waals surface area contributed by atoms with Crippen molar-refractivity contribution in [3.05, 3.63) is 29.8 Å². The van der Waals surface area contributed by atoms with Crippen molar-refractivity contribution in [1.29, 1.82) is 0 Å². The molecule has 0 heterocycles.